The lowest BCUT2D eigenvalue weighted by molar-refractivity contribution is -0.114. The number of ether oxygens (including phenoxy) is 1. The molecule has 0 aliphatic heterocycles. The van der Waals surface area contributed by atoms with Gasteiger partial charge in [0.2, 0.25) is 5.91 Å². The predicted molar refractivity (Wildman–Crippen MR) is 70.0 cm³/mol. The lowest BCUT2D eigenvalue weighted by Crippen LogP contribution is -2.08. The summed E-state index contributed by atoms with van der Waals surface area (Å²) in [6, 6.07) is 4.86. The zero-order chi connectivity index (χ0) is 13.8. The molecule has 2 aromatic rings. The first-order valence-electron chi connectivity index (χ1n) is 5.57. The van der Waals surface area contributed by atoms with Gasteiger partial charge in [-0.1, -0.05) is 0 Å². The molecule has 0 atom stereocenters. The Morgan fingerprint density at radius 1 is 1.37 bits per heavy atom. The smallest absolute Gasteiger partial charge is 0.222 e. The zero-order valence-corrected chi connectivity index (χ0v) is 10.5. The van der Waals surface area contributed by atoms with Crippen LogP contribution < -0.4 is 10.1 Å². The average molecular weight is 259 g/mol. The molecule has 0 saturated heterocycles. The monoisotopic (exact) mass is 259 g/mol. The van der Waals surface area contributed by atoms with Crippen LogP contribution in [-0.2, 0) is 4.79 Å². The number of carbonyl (C=O) groups excluding carboxylic acids is 1. The number of amides is 1. The standard InChI is InChI=1S/C13H13N3O3/c1-8(17)15-13-7-14-6-10(16-13)9-3-4-11(18)12(5-9)19-2/h3-7,18H,1-2H3,(H,15,16,17). The molecule has 0 bridgehead atoms. The van der Waals surface area contributed by atoms with Gasteiger partial charge in [-0.2, -0.15) is 0 Å². The third kappa shape index (κ3) is 2.98. The summed E-state index contributed by atoms with van der Waals surface area (Å²) >= 11 is 0. The maximum absolute atomic E-state index is 11.0. The number of nitrogens with zero attached hydrogens (tertiary/aromatic N) is 2. The van der Waals surface area contributed by atoms with Gasteiger partial charge in [0.25, 0.3) is 0 Å². The molecule has 2 N–H and O–H groups in total. The minimum absolute atomic E-state index is 0.0530. The van der Waals surface area contributed by atoms with Gasteiger partial charge in [0, 0.05) is 12.5 Å². The van der Waals surface area contributed by atoms with E-state index in [0.29, 0.717) is 17.3 Å². The van der Waals surface area contributed by atoms with Gasteiger partial charge in [-0.3, -0.25) is 9.78 Å². The number of nitrogens with one attached hydrogen (secondary N) is 1. The van der Waals surface area contributed by atoms with Crippen molar-refractivity contribution in [3.8, 4) is 22.8 Å². The van der Waals surface area contributed by atoms with Crippen molar-refractivity contribution in [1.82, 2.24) is 9.97 Å². The zero-order valence-electron chi connectivity index (χ0n) is 10.5. The van der Waals surface area contributed by atoms with E-state index in [4.69, 9.17) is 4.74 Å². The second kappa shape index (κ2) is 5.34. The van der Waals surface area contributed by atoms with Crippen LogP contribution in [0.2, 0.25) is 0 Å². The van der Waals surface area contributed by atoms with Gasteiger partial charge in [-0.25, -0.2) is 4.98 Å². The number of benzene rings is 1. The largest absolute Gasteiger partial charge is 0.504 e. The predicted octanol–water partition coefficient (Wildman–Crippen LogP) is 1.82. The van der Waals surface area contributed by atoms with Crippen LogP contribution in [0, 0.1) is 0 Å². The Labute approximate surface area is 110 Å². The minimum atomic E-state index is -0.213. The van der Waals surface area contributed by atoms with Gasteiger partial charge in [-0.15, -0.1) is 0 Å². The average Bonchev–Trinajstić information content (AvgIpc) is 2.39. The number of methoxy groups -OCH3 is 1. The topological polar surface area (TPSA) is 84.3 Å². The first kappa shape index (κ1) is 12.8. The molecule has 0 fully saturated rings. The Balaban J connectivity index is 2.38. The van der Waals surface area contributed by atoms with Crippen molar-refractivity contribution in [3.05, 3.63) is 30.6 Å². The number of aromatic hydroxyl groups is 1. The molecule has 6 heteroatoms. The van der Waals surface area contributed by atoms with Gasteiger partial charge < -0.3 is 15.2 Å². The van der Waals surface area contributed by atoms with E-state index in [1.807, 2.05) is 0 Å². The molecule has 1 amide bonds. The fraction of sp³-hybridized carbons (Fsp3) is 0.154. The maximum atomic E-state index is 11.0. The van der Waals surface area contributed by atoms with Gasteiger partial charge in [0.05, 0.1) is 25.2 Å². The lowest BCUT2D eigenvalue weighted by Gasteiger charge is -2.07. The van der Waals surface area contributed by atoms with Crippen LogP contribution in [0.3, 0.4) is 0 Å². The second-order valence-corrected chi connectivity index (χ2v) is 3.86. The minimum Gasteiger partial charge on any atom is -0.504 e. The molecule has 1 aromatic carbocycles. The Morgan fingerprint density at radius 3 is 2.84 bits per heavy atom. The quantitative estimate of drug-likeness (QED) is 0.878. The fourth-order valence-electron chi connectivity index (χ4n) is 1.58. The molecule has 0 saturated carbocycles. The Bertz CT molecular complexity index is 614. The van der Waals surface area contributed by atoms with E-state index in [2.05, 4.69) is 15.3 Å². The normalized spacial score (nSPS) is 10.0. The number of aromatic nitrogens is 2. The summed E-state index contributed by atoms with van der Waals surface area (Å²) in [7, 11) is 1.47. The van der Waals surface area contributed by atoms with Crippen LogP contribution in [0.4, 0.5) is 5.82 Å². The van der Waals surface area contributed by atoms with Crippen molar-refractivity contribution in [2.24, 2.45) is 0 Å². The van der Waals surface area contributed by atoms with Crippen molar-refractivity contribution in [1.29, 1.82) is 0 Å². The SMILES string of the molecule is COc1cc(-c2cncc(NC(C)=O)n2)ccc1O. The summed E-state index contributed by atoms with van der Waals surface area (Å²) in [6.45, 7) is 1.40. The van der Waals surface area contributed by atoms with Crippen LogP contribution in [0.15, 0.2) is 30.6 Å². The van der Waals surface area contributed by atoms with Crippen molar-refractivity contribution in [2.45, 2.75) is 6.92 Å². The molecule has 1 heterocycles. The molecular weight excluding hydrogens is 246 g/mol. The number of anilines is 1. The van der Waals surface area contributed by atoms with Crippen molar-refractivity contribution >= 4 is 11.7 Å². The van der Waals surface area contributed by atoms with Crippen LogP contribution in [0.1, 0.15) is 6.92 Å². The highest BCUT2D eigenvalue weighted by molar-refractivity contribution is 5.87. The molecule has 0 spiro atoms. The number of hydrogen-bond donors (Lipinski definition) is 2. The molecule has 19 heavy (non-hydrogen) atoms. The Hall–Kier alpha value is -2.63. The van der Waals surface area contributed by atoms with Crippen molar-refractivity contribution in [3.63, 3.8) is 0 Å². The summed E-state index contributed by atoms with van der Waals surface area (Å²) < 4.78 is 5.03. The van der Waals surface area contributed by atoms with Crippen molar-refractivity contribution < 1.29 is 14.6 Å². The Morgan fingerprint density at radius 2 is 2.16 bits per heavy atom. The van der Waals surface area contributed by atoms with Crippen LogP contribution in [-0.4, -0.2) is 28.1 Å². The highest BCUT2D eigenvalue weighted by Crippen LogP contribution is 2.30. The molecule has 0 aliphatic carbocycles. The Kier molecular flexibility index (Phi) is 3.61. The molecular formula is C13H13N3O3. The molecule has 6 nitrogen and oxygen atoms in total. The van der Waals surface area contributed by atoms with Gasteiger partial charge >= 0.3 is 0 Å². The van der Waals surface area contributed by atoms with E-state index in [1.165, 1.54) is 26.3 Å². The first-order chi connectivity index (χ1) is 9.10. The van der Waals surface area contributed by atoms with Crippen LogP contribution in [0.5, 0.6) is 11.5 Å². The first-order valence-corrected chi connectivity index (χ1v) is 5.57. The highest BCUT2D eigenvalue weighted by Gasteiger charge is 2.07. The van der Waals surface area contributed by atoms with E-state index in [-0.39, 0.29) is 11.7 Å². The molecule has 2 rings (SSSR count). The van der Waals surface area contributed by atoms with E-state index in [0.717, 1.165) is 5.56 Å². The van der Waals surface area contributed by atoms with Gasteiger partial charge in [0.1, 0.15) is 0 Å². The van der Waals surface area contributed by atoms with Gasteiger partial charge in [-0.05, 0) is 18.2 Å². The summed E-state index contributed by atoms with van der Waals surface area (Å²) in [6.07, 6.45) is 3.03. The van der Waals surface area contributed by atoms with E-state index in [1.54, 1.807) is 18.3 Å². The highest BCUT2D eigenvalue weighted by atomic mass is 16.5. The molecule has 98 valence electrons. The summed E-state index contributed by atoms with van der Waals surface area (Å²) in [5.41, 5.74) is 1.30. The van der Waals surface area contributed by atoms with Crippen LogP contribution >= 0.6 is 0 Å². The van der Waals surface area contributed by atoms with E-state index >= 15 is 0 Å². The van der Waals surface area contributed by atoms with Crippen molar-refractivity contribution in [2.75, 3.05) is 12.4 Å². The number of phenols is 1. The number of rotatable bonds is 3. The summed E-state index contributed by atoms with van der Waals surface area (Å²) in [5, 5.41) is 12.1. The molecule has 0 radical (unpaired) electrons. The third-order valence-corrected chi connectivity index (χ3v) is 2.41. The maximum Gasteiger partial charge on any atom is 0.222 e. The lowest BCUT2D eigenvalue weighted by atomic mass is 10.1. The molecule has 0 aliphatic rings. The fourth-order valence-corrected chi connectivity index (χ4v) is 1.58. The van der Waals surface area contributed by atoms with E-state index in [9.17, 15) is 9.90 Å². The number of phenolic OH excluding ortho intramolecular Hbond substituents is 1. The van der Waals surface area contributed by atoms with Gasteiger partial charge in [0.15, 0.2) is 17.3 Å². The van der Waals surface area contributed by atoms with E-state index < -0.39 is 0 Å². The molecule has 0 unspecified atom stereocenters. The molecule has 1 aromatic heterocycles. The van der Waals surface area contributed by atoms with Crippen LogP contribution in [0.25, 0.3) is 11.3 Å². The number of carbonyl (C=O) groups is 1. The second-order valence-electron chi connectivity index (χ2n) is 3.86. The summed E-state index contributed by atoms with van der Waals surface area (Å²) in [5.74, 6) is 0.563. The third-order valence-electron chi connectivity index (χ3n) is 2.41. The number of hydrogen-bond acceptors (Lipinski definition) is 5. The summed E-state index contributed by atoms with van der Waals surface area (Å²) in [4.78, 5) is 19.2.